The van der Waals surface area contributed by atoms with E-state index in [0.29, 0.717) is 67.2 Å². The molecule has 5 rings (SSSR count). The van der Waals surface area contributed by atoms with E-state index in [1.54, 1.807) is 0 Å². The van der Waals surface area contributed by atoms with Crippen LogP contribution in [0, 0.1) is 5.92 Å². The third kappa shape index (κ3) is 5.77. The van der Waals surface area contributed by atoms with Gasteiger partial charge in [0.1, 0.15) is 19.5 Å². The van der Waals surface area contributed by atoms with Crippen molar-refractivity contribution < 1.29 is 19.1 Å². The molecule has 2 aromatic heterocycles. The Labute approximate surface area is 226 Å². The number of anilines is 1. The average Bonchev–Trinajstić information content (AvgIpc) is 3.25. The zero-order valence-corrected chi connectivity index (χ0v) is 22.8. The zero-order valence-electron chi connectivity index (χ0n) is 20.4. The number of rotatable bonds is 7. The number of likely N-dealkylation sites (tertiary alicyclic amines) is 1. The summed E-state index contributed by atoms with van der Waals surface area (Å²) in [5.74, 6) is 1.99. The number of carbonyl (C=O) groups excluding carboxylic acids is 2. The smallest absolute Gasteiger partial charge is 0.241 e. The third-order valence-electron chi connectivity index (χ3n) is 6.54. The molecule has 1 fully saturated rings. The maximum Gasteiger partial charge on any atom is 0.241 e. The van der Waals surface area contributed by atoms with Crippen LogP contribution in [0.2, 0.25) is 0 Å². The van der Waals surface area contributed by atoms with Crippen molar-refractivity contribution in [3.05, 3.63) is 22.9 Å². The summed E-state index contributed by atoms with van der Waals surface area (Å²) >= 11 is 5.16. The molecule has 0 bridgehead atoms. The predicted molar refractivity (Wildman–Crippen MR) is 142 cm³/mol. The normalized spacial score (nSPS) is 15.7. The van der Waals surface area contributed by atoms with E-state index in [2.05, 4.69) is 35.8 Å². The topological polar surface area (TPSA) is 137 Å². The lowest BCUT2D eigenvalue weighted by molar-refractivity contribution is -0.133. The lowest BCUT2D eigenvalue weighted by Gasteiger charge is -2.32. The number of hydrogen-bond acceptors (Lipinski definition) is 9. The fourth-order valence-corrected chi connectivity index (χ4v) is 6.04. The van der Waals surface area contributed by atoms with Gasteiger partial charge in [0, 0.05) is 35.9 Å². The number of nitrogens with zero attached hydrogens (tertiary/aromatic N) is 5. The van der Waals surface area contributed by atoms with Crippen LogP contribution >= 0.6 is 27.7 Å². The quantitative estimate of drug-likeness (QED) is 0.426. The number of piperidine rings is 1. The number of hydrogen-bond donors (Lipinski definition) is 2. The number of ether oxygens (including phenoxy) is 2. The highest BCUT2D eigenvalue weighted by molar-refractivity contribution is 9.10. The summed E-state index contributed by atoms with van der Waals surface area (Å²) in [6.07, 6.45) is 4.19. The van der Waals surface area contributed by atoms with E-state index >= 15 is 0 Å². The fourth-order valence-electron chi connectivity index (χ4n) is 4.53. The molecule has 13 heteroatoms. The first-order valence-electron chi connectivity index (χ1n) is 12.1. The molecule has 3 N–H and O–H groups in total. The van der Waals surface area contributed by atoms with Crippen molar-refractivity contribution in [1.82, 2.24) is 29.7 Å². The van der Waals surface area contributed by atoms with Crippen LogP contribution < -0.4 is 20.5 Å². The highest BCUT2D eigenvalue weighted by Crippen LogP contribution is 2.42. The second-order valence-electron chi connectivity index (χ2n) is 9.03. The standard InChI is InChI=1S/C24H28BrN7O4S/c1-14(33)27-12-20(34)31-5-2-15(3-6-31)4-7-32-23-21(22(26)28-13-29-23)30-24(32)37-19-11-18-17(10-16(19)25)35-8-9-36-18/h10-11,13,15H,2-9,12H2,1H3,(H,27,33)(H2,26,28,29). The summed E-state index contributed by atoms with van der Waals surface area (Å²) in [7, 11) is 0. The molecule has 0 aliphatic carbocycles. The lowest BCUT2D eigenvalue weighted by atomic mass is 9.93. The number of benzene rings is 1. The minimum absolute atomic E-state index is 0.0369. The first-order chi connectivity index (χ1) is 17.9. The first kappa shape index (κ1) is 25.6. The van der Waals surface area contributed by atoms with E-state index in [1.807, 2.05) is 17.0 Å². The Hall–Kier alpha value is -3.06. The highest BCUT2D eigenvalue weighted by Gasteiger charge is 2.25. The lowest BCUT2D eigenvalue weighted by Crippen LogP contribution is -2.43. The van der Waals surface area contributed by atoms with E-state index in [0.717, 1.165) is 33.8 Å². The van der Waals surface area contributed by atoms with Crippen LogP contribution in [0.5, 0.6) is 11.5 Å². The Bertz CT molecular complexity index is 1330. The minimum Gasteiger partial charge on any atom is -0.486 e. The zero-order chi connectivity index (χ0) is 25.9. The van der Waals surface area contributed by atoms with Crippen molar-refractivity contribution in [3.8, 4) is 11.5 Å². The molecule has 11 nitrogen and oxygen atoms in total. The van der Waals surface area contributed by atoms with Gasteiger partial charge in [-0.15, -0.1) is 0 Å². The van der Waals surface area contributed by atoms with E-state index in [-0.39, 0.29) is 18.4 Å². The van der Waals surface area contributed by atoms with Crippen LogP contribution in [-0.2, 0) is 16.1 Å². The van der Waals surface area contributed by atoms with Gasteiger partial charge in [-0.1, -0.05) is 11.8 Å². The summed E-state index contributed by atoms with van der Waals surface area (Å²) in [5, 5.41) is 3.35. The van der Waals surface area contributed by atoms with Crippen molar-refractivity contribution in [2.75, 3.05) is 38.6 Å². The molecule has 2 aliphatic heterocycles. The van der Waals surface area contributed by atoms with E-state index in [1.165, 1.54) is 25.0 Å². The molecule has 1 aromatic carbocycles. The van der Waals surface area contributed by atoms with Gasteiger partial charge in [0.25, 0.3) is 0 Å². The minimum atomic E-state index is -0.197. The van der Waals surface area contributed by atoms with Crippen LogP contribution in [0.1, 0.15) is 26.2 Å². The molecule has 0 spiro atoms. The highest BCUT2D eigenvalue weighted by atomic mass is 79.9. The number of amides is 2. The summed E-state index contributed by atoms with van der Waals surface area (Å²) in [5.41, 5.74) is 7.41. The Morgan fingerprint density at radius 1 is 1.19 bits per heavy atom. The number of carbonyl (C=O) groups is 2. The molecule has 3 aromatic rings. The molecule has 0 atom stereocenters. The van der Waals surface area contributed by atoms with Crippen molar-refractivity contribution in [2.45, 2.75) is 42.8 Å². The molecule has 0 saturated carbocycles. The number of fused-ring (bicyclic) bond motifs is 2. The van der Waals surface area contributed by atoms with Crippen molar-refractivity contribution >= 4 is 56.5 Å². The maximum absolute atomic E-state index is 12.3. The number of imidazole rings is 1. The second-order valence-corrected chi connectivity index (χ2v) is 10.9. The van der Waals surface area contributed by atoms with Gasteiger partial charge in [0.15, 0.2) is 33.6 Å². The largest absolute Gasteiger partial charge is 0.486 e. The second kappa shape index (κ2) is 11.1. The molecule has 2 aliphatic rings. The maximum atomic E-state index is 12.3. The summed E-state index contributed by atoms with van der Waals surface area (Å²) in [6.45, 7) is 4.60. The van der Waals surface area contributed by atoms with E-state index in [9.17, 15) is 9.59 Å². The molecule has 37 heavy (non-hydrogen) atoms. The van der Waals surface area contributed by atoms with Gasteiger partial charge in [-0.3, -0.25) is 9.59 Å². The Kier molecular flexibility index (Phi) is 7.70. The number of aryl methyl sites for hydroxylation is 1. The summed E-state index contributed by atoms with van der Waals surface area (Å²) in [6, 6.07) is 3.87. The average molecular weight is 591 g/mol. The van der Waals surface area contributed by atoms with Crippen molar-refractivity contribution in [2.24, 2.45) is 5.92 Å². The predicted octanol–water partition coefficient (Wildman–Crippen LogP) is 2.86. The van der Waals surface area contributed by atoms with Crippen LogP contribution in [0.3, 0.4) is 0 Å². The monoisotopic (exact) mass is 589 g/mol. The molecule has 4 heterocycles. The Balaban J connectivity index is 1.30. The van der Waals surface area contributed by atoms with Crippen LogP contribution in [0.15, 0.2) is 33.0 Å². The number of halogens is 1. The Morgan fingerprint density at radius 3 is 2.65 bits per heavy atom. The van der Waals surface area contributed by atoms with Gasteiger partial charge in [0.05, 0.1) is 6.54 Å². The molecule has 0 radical (unpaired) electrons. The third-order valence-corrected chi connectivity index (χ3v) is 8.51. The number of nitrogens with one attached hydrogen (secondary N) is 1. The van der Waals surface area contributed by atoms with Gasteiger partial charge in [-0.25, -0.2) is 15.0 Å². The number of aromatic nitrogens is 4. The molecule has 196 valence electrons. The van der Waals surface area contributed by atoms with E-state index in [4.69, 9.17) is 20.2 Å². The summed E-state index contributed by atoms with van der Waals surface area (Å²) in [4.78, 5) is 39.6. The molecular formula is C24H28BrN7O4S. The summed E-state index contributed by atoms with van der Waals surface area (Å²) < 4.78 is 14.4. The van der Waals surface area contributed by atoms with Gasteiger partial charge in [-0.2, -0.15) is 0 Å². The number of nitrogens with two attached hydrogens (primary N) is 1. The Morgan fingerprint density at radius 2 is 1.92 bits per heavy atom. The van der Waals surface area contributed by atoms with Crippen molar-refractivity contribution in [1.29, 1.82) is 0 Å². The molecule has 2 amide bonds. The molecule has 0 unspecified atom stereocenters. The van der Waals surface area contributed by atoms with Crippen LogP contribution in [0.25, 0.3) is 11.2 Å². The molecule has 1 saturated heterocycles. The number of nitrogen functional groups attached to an aromatic ring is 1. The van der Waals surface area contributed by atoms with Gasteiger partial charge >= 0.3 is 0 Å². The van der Waals surface area contributed by atoms with Gasteiger partial charge in [0.2, 0.25) is 11.8 Å². The van der Waals surface area contributed by atoms with E-state index < -0.39 is 0 Å². The fraction of sp³-hybridized carbons (Fsp3) is 0.458. The van der Waals surface area contributed by atoms with Gasteiger partial charge < -0.3 is 30.0 Å². The van der Waals surface area contributed by atoms with Crippen LogP contribution in [-0.4, -0.2) is 69.1 Å². The van der Waals surface area contributed by atoms with Crippen molar-refractivity contribution in [3.63, 3.8) is 0 Å². The first-order valence-corrected chi connectivity index (χ1v) is 13.8. The SMILES string of the molecule is CC(=O)NCC(=O)N1CCC(CCn2c(Sc3cc4c(cc3Br)OCCO4)nc3c(N)ncnc32)CC1. The molecular weight excluding hydrogens is 562 g/mol. The van der Waals surface area contributed by atoms with Gasteiger partial charge in [-0.05, 0) is 53.2 Å². The van der Waals surface area contributed by atoms with Crippen LogP contribution in [0.4, 0.5) is 5.82 Å².